The summed E-state index contributed by atoms with van der Waals surface area (Å²) in [6.07, 6.45) is -6.31. The summed E-state index contributed by atoms with van der Waals surface area (Å²) in [5.41, 5.74) is -0.557. The molecule has 0 saturated carbocycles. The molecule has 192 valence electrons. The zero-order chi connectivity index (χ0) is 27.0. The molecule has 0 aliphatic rings. The summed E-state index contributed by atoms with van der Waals surface area (Å²) in [4.78, 5) is 24.7. The number of aryl methyl sites for hydroxylation is 1. The summed E-state index contributed by atoms with van der Waals surface area (Å²) in [7, 11) is -4.30. The number of nitrogens with one attached hydrogen (secondary N) is 1. The molecule has 12 heteroatoms. The fourth-order valence-electron chi connectivity index (χ4n) is 3.51. The first kappa shape index (κ1) is 27.3. The highest BCUT2D eigenvalue weighted by Crippen LogP contribution is 2.41. The number of Topliss-reactive ketones (excluding diaryl/α,β-unsaturated/α-hetero) is 1. The lowest BCUT2D eigenvalue weighted by Crippen LogP contribution is -2.35. The van der Waals surface area contributed by atoms with E-state index in [4.69, 9.17) is 16.3 Å². The molecule has 2 N–H and O–H groups in total. The van der Waals surface area contributed by atoms with Crippen LogP contribution in [-0.4, -0.2) is 37.6 Å². The SMILES string of the molecule is Cc1cc(S(=O)(=O)Nc2cc([C@H](C(=O)OC(C)C)C(=O)C(F)(F)F)c(O)c3ccccc23)ccc1Cl. The minimum Gasteiger partial charge on any atom is -0.507 e. The molecule has 3 aromatic carbocycles. The second-order valence-corrected chi connectivity index (χ2v) is 10.3. The van der Waals surface area contributed by atoms with Crippen LogP contribution < -0.4 is 4.72 Å². The molecular weight excluding hydrogens is 523 g/mol. The Kier molecular flexibility index (Phi) is 7.56. The Morgan fingerprint density at radius 1 is 1.06 bits per heavy atom. The molecule has 0 aliphatic carbocycles. The van der Waals surface area contributed by atoms with Crippen molar-refractivity contribution >= 4 is 49.8 Å². The van der Waals surface area contributed by atoms with Gasteiger partial charge in [-0.2, -0.15) is 13.2 Å². The number of sulfonamides is 1. The van der Waals surface area contributed by atoms with Crippen molar-refractivity contribution in [1.82, 2.24) is 0 Å². The second kappa shape index (κ2) is 9.98. The van der Waals surface area contributed by atoms with Gasteiger partial charge in [0.25, 0.3) is 15.8 Å². The summed E-state index contributed by atoms with van der Waals surface area (Å²) in [5.74, 6) is -7.39. The van der Waals surface area contributed by atoms with Crippen LogP contribution in [0.1, 0.15) is 30.9 Å². The summed E-state index contributed by atoms with van der Waals surface area (Å²) in [5, 5.41) is 11.2. The van der Waals surface area contributed by atoms with Crippen LogP contribution in [0.3, 0.4) is 0 Å². The smallest absolute Gasteiger partial charge is 0.451 e. The Balaban J connectivity index is 2.25. The minimum absolute atomic E-state index is 0.0858. The molecule has 3 aromatic rings. The molecule has 0 unspecified atom stereocenters. The van der Waals surface area contributed by atoms with E-state index in [1.165, 1.54) is 56.3 Å². The van der Waals surface area contributed by atoms with E-state index in [-0.39, 0.29) is 21.4 Å². The highest BCUT2D eigenvalue weighted by Gasteiger charge is 2.49. The minimum atomic E-state index is -5.45. The monoisotopic (exact) mass is 543 g/mol. The maximum atomic E-state index is 13.4. The quantitative estimate of drug-likeness (QED) is 0.232. The van der Waals surface area contributed by atoms with Crippen LogP contribution in [0.4, 0.5) is 18.9 Å². The lowest BCUT2D eigenvalue weighted by atomic mass is 9.90. The van der Waals surface area contributed by atoms with Crippen molar-refractivity contribution in [1.29, 1.82) is 0 Å². The standard InChI is InChI=1S/C24H21ClF3NO6S/c1-12(2)35-23(32)20(22(31)24(26,27)28)17-11-19(15-6-4-5-7-16(15)21(17)30)29-36(33,34)14-8-9-18(25)13(3)10-14/h4-12,20,29-30H,1-3H3/t20-/m0/s1. The fourth-order valence-corrected chi connectivity index (χ4v) is 4.79. The van der Waals surface area contributed by atoms with Crippen LogP contribution in [0.15, 0.2) is 53.4 Å². The average Bonchev–Trinajstić information content (AvgIpc) is 2.77. The molecule has 36 heavy (non-hydrogen) atoms. The normalized spacial score (nSPS) is 13.0. The Labute approximate surface area is 209 Å². The van der Waals surface area contributed by atoms with Gasteiger partial charge in [-0.3, -0.25) is 14.3 Å². The number of aromatic hydroxyl groups is 1. The van der Waals surface area contributed by atoms with Crippen molar-refractivity contribution in [3.63, 3.8) is 0 Å². The van der Waals surface area contributed by atoms with Crippen molar-refractivity contribution in [3.05, 3.63) is 64.7 Å². The van der Waals surface area contributed by atoms with Crippen LogP contribution in [0, 0.1) is 6.92 Å². The topological polar surface area (TPSA) is 110 Å². The summed E-state index contributed by atoms with van der Waals surface area (Å²) >= 11 is 5.96. The summed E-state index contributed by atoms with van der Waals surface area (Å²) in [6, 6.07) is 10.4. The van der Waals surface area contributed by atoms with Gasteiger partial charge in [-0.1, -0.05) is 35.9 Å². The number of phenolic OH excluding ortho intramolecular Hbond substituents is 1. The first-order chi connectivity index (χ1) is 16.6. The number of anilines is 1. The lowest BCUT2D eigenvalue weighted by molar-refractivity contribution is -0.178. The van der Waals surface area contributed by atoms with Crippen LogP contribution >= 0.6 is 11.6 Å². The van der Waals surface area contributed by atoms with Crippen LogP contribution in [0.25, 0.3) is 10.8 Å². The first-order valence-corrected chi connectivity index (χ1v) is 12.3. The number of fused-ring (bicyclic) bond motifs is 1. The zero-order valence-electron chi connectivity index (χ0n) is 19.2. The third-order valence-electron chi connectivity index (χ3n) is 5.17. The molecule has 0 aliphatic heterocycles. The zero-order valence-corrected chi connectivity index (χ0v) is 20.8. The number of ketones is 1. The predicted octanol–water partition coefficient (Wildman–Crippen LogP) is 5.47. The van der Waals surface area contributed by atoms with Gasteiger partial charge in [0.05, 0.1) is 16.7 Å². The molecule has 0 saturated heterocycles. The predicted molar refractivity (Wildman–Crippen MR) is 128 cm³/mol. The van der Waals surface area contributed by atoms with Crippen LogP contribution in [0.2, 0.25) is 5.02 Å². The lowest BCUT2D eigenvalue weighted by Gasteiger charge is -2.21. The molecule has 0 amide bonds. The average molecular weight is 544 g/mol. The van der Waals surface area contributed by atoms with E-state index in [0.29, 0.717) is 10.6 Å². The molecular formula is C24H21ClF3NO6S. The van der Waals surface area contributed by atoms with E-state index in [2.05, 4.69) is 4.72 Å². The number of carbonyl (C=O) groups excluding carboxylic acids is 2. The molecule has 0 heterocycles. The van der Waals surface area contributed by atoms with E-state index in [9.17, 15) is 36.3 Å². The number of rotatable bonds is 7. The number of ether oxygens (including phenoxy) is 1. The van der Waals surface area contributed by atoms with E-state index in [0.717, 1.165) is 6.07 Å². The third-order valence-corrected chi connectivity index (χ3v) is 6.96. The Hall–Kier alpha value is -3.31. The van der Waals surface area contributed by atoms with Gasteiger partial charge < -0.3 is 9.84 Å². The van der Waals surface area contributed by atoms with Gasteiger partial charge in [-0.05, 0) is 50.6 Å². The van der Waals surface area contributed by atoms with Gasteiger partial charge in [0, 0.05) is 21.4 Å². The van der Waals surface area contributed by atoms with E-state index in [1.807, 2.05) is 0 Å². The van der Waals surface area contributed by atoms with Gasteiger partial charge in [0.2, 0.25) is 0 Å². The number of phenols is 1. The number of halogens is 4. The van der Waals surface area contributed by atoms with Crippen molar-refractivity contribution in [2.45, 2.75) is 43.9 Å². The van der Waals surface area contributed by atoms with Gasteiger partial charge in [-0.15, -0.1) is 0 Å². The van der Waals surface area contributed by atoms with E-state index < -0.39 is 51.3 Å². The second-order valence-electron chi connectivity index (χ2n) is 8.20. The molecule has 0 spiro atoms. The Bertz CT molecular complexity index is 1450. The van der Waals surface area contributed by atoms with Gasteiger partial charge in [0.1, 0.15) is 5.75 Å². The molecule has 0 aromatic heterocycles. The maximum absolute atomic E-state index is 13.4. The highest BCUT2D eigenvalue weighted by atomic mass is 35.5. The number of hydrogen-bond acceptors (Lipinski definition) is 6. The molecule has 1 atom stereocenters. The van der Waals surface area contributed by atoms with Gasteiger partial charge in [-0.25, -0.2) is 8.42 Å². The maximum Gasteiger partial charge on any atom is 0.451 e. The highest BCUT2D eigenvalue weighted by molar-refractivity contribution is 7.92. The van der Waals surface area contributed by atoms with Crippen LogP contribution in [-0.2, 0) is 24.3 Å². The van der Waals surface area contributed by atoms with Gasteiger partial charge >= 0.3 is 12.1 Å². The number of benzene rings is 3. The van der Waals surface area contributed by atoms with E-state index >= 15 is 0 Å². The molecule has 0 bridgehead atoms. The first-order valence-electron chi connectivity index (χ1n) is 10.5. The Morgan fingerprint density at radius 3 is 2.22 bits per heavy atom. The molecule has 7 nitrogen and oxygen atoms in total. The molecule has 3 rings (SSSR count). The summed E-state index contributed by atoms with van der Waals surface area (Å²) in [6.45, 7) is 4.34. The molecule has 0 radical (unpaired) electrons. The third kappa shape index (κ3) is 5.57. The van der Waals surface area contributed by atoms with Gasteiger partial charge in [0.15, 0.2) is 5.92 Å². The summed E-state index contributed by atoms with van der Waals surface area (Å²) < 4.78 is 73.6. The fraction of sp³-hybridized carbons (Fsp3) is 0.250. The van der Waals surface area contributed by atoms with Crippen molar-refractivity contribution in [3.8, 4) is 5.75 Å². The number of hydrogen-bond donors (Lipinski definition) is 2. The number of carbonyl (C=O) groups is 2. The van der Waals surface area contributed by atoms with Crippen molar-refractivity contribution in [2.24, 2.45) is 0 Å². The van der Waals surface area contributed by atoms with Crippen molar-refractivity contribution < 1.29 is 41.0 Å². The van der Waals surface area contributed by atoms with Crippen molar-refractivity contribution in [2.75, 3.05) is 4.72 Å². The van der Waals surface area contributed by atoms with E-state index in [1.54, 1.807) is 6.92 Å². The molecule has 0 fully saturated rings. The number of esters is 1. The Morgan fingerprint density at radius 2 is 1.67 bits per heavy atom. The largest absolute Gasteiger partial charge is 0.507 e. The number of alkyl halides is 3. The van der Waals surface area contributed by atoms with Crippen LogP contribution in [0.5, 0.6) is 5.75 Å².